The molecule has 124 valence electrons. The lowest BCUT2D eigenvalue weighted by atomic mass is 9.99. The summed E-state index contributed by atoms with van der Waals surface area (Å²) in [4.78, 5) is 14.8. The lowest BCUT2D eigenvalue weighted by molar-refractivity contribution is 0.0924. The fourth-order valence-corrected chi connectivity index (χ4v) is 3.72. The summed E-state index contributed by atoms with van der Waals surface area (Å²) in [5.74, 6) is 1.96. The SMILES string of the molecule is O=C(NC1CN2CCC1C2)c1ccc(Oc2cccc(Cl)c2)cc1. The zero-order chi connectivity index (χ0) is 16.5. The van der Waals surface area contributed by atoms with Gasteiger partial charge >= 0.3 is 0 Å². The van der Waals surface area contributed by atoms with Crippen LogP contribution in [0.1, 0.15) is 16.8 Å². The van der Waals surface area contributed by atoms with Crippen LogP contribution in [-0.2, 0) is 0 Å². The van der Waals surface area contributed by atoms with Crippen molar-refractivity contribution >= 4 is 17.5 Å². The number of ether oxygens (including phenoxy) is 1. The van der Waals surface area contributed by atoms with Gasteiger partial charge in [0.15, 0.2) is 0 Å². The van der Waals surface area contributed by atoms with Gasteiger partial charge in [0, 0.05) is 29.7 Å². The molecule has 5 heteroatoms. The number of benzene rings is 2. The first-order valence-corrected chi connectivity index (χ1v) is 8.62. The second kappa shape index (κ2) is 6.46. The van der Waals surface area contributed by atoms with Crippen molar-refractivity contribution in [1.29, 1.82) is 0 Å². The Kier molecular flexibility index (Phi) is 4.17. The Morgan fingerprint density at radius 3 is 2.62 bits per heavy atom. The molecule has 2 bridgehead atoms. The smallest absolute Gasteiger partial charge is 0.251 e. The lowest BCUT2D eigenvalue weighted by Crippen LogP contribution is -2.43. The van der Waals surface area contributed by atoms with Crippen LogP contribution in [0.15, 0.2) is 48.5 Å². The lowest BCUT2D eigenvalue weighted by Gasteiger charge is -2.23. The van der Waals surface area contributed by atoms with Gasteiger partial charge in [0.1, 0.15) is 11.5 Å². The monoisotopic (exact) mass is 342 g/mol. The number of halogens is 1. The van der Waals surface area contributed by atoms with Gasteiger partial charge in [-0.2, -0.15) is 0 Å². The molecule has 3 atom stereocenters. The van der Waals surface area contributed by atoms with Gasteiger partial charge in [-0.1, -0.05) is 17.7 Å². The van der Waals surface area contributed by atoms with Crippen molar-refractivity contribution in [2.24, 2.45) is 5.92 Å². The normalized spacial score (nSPS) is 24.8. The van der Waals surface area contributed by atoms with E-state index in [0.29, 0.717) is 28.0 Å². The van der Waals surface area contributed by atoms with Gasteiger partial charge in [-0.25, -0.2) is 0 Å². The van der Waals surface area contributed by atoms with E-state index in [9.17, 15) is 4.79 Å². The third-order valence-corrected chi connectivity index (χ3v) is 5.03. The predicted octanol–water partition coefficient (Wildman–Crippen LogP) is 3.57. The molecule has 2 aromatic carbocycles. The van der Waals surface area contributed by atoms with E-state index in [0.717, 1.165) is 13.1 Å². The maximum atomic E-state index is 12.4. The van der Waals surface area contributed by atoms with Gasteiger partial charge in [0.25, 0.3) is 5.91 Å². The largest absolute Gasteiger partial charge is 0.457 e. The Labute approximate surface area is 146 Å². The minimum Gasteiger partial charge on any atom is -0.457 e. The van der Waals surface area contributed by atoms with Crippen LogP contribution in [0.3, 0.4) is 0 Å². The molecule has 0 aromatic heterocycles. The van der Waals surface area contributed by atoms with Crippen LogP contribution >= 0.6 is 11.6 Å². The topological polar surface area (TPSA) is 41.6 Å². The Bertz CT molecular complexity index is 747. The molecule has 4 nitrogen and oxygen atoms in total. The minimum atomic E-state index is -0.0111. The van der Waals surface area contributed by atoms with E-state index < -0.39 is 0 Å². The number of nitrogens with one attached hydrogen (secondary N) is 1. The standard InChI is InChI=1S/C19H19ClN2O2/c20-15-2-1-3-17(10-15)24-16-6-4-13(5-7-16)19(23)21-18-12-22-9-8-14(18)11-22/h1-7,10,14,18H,8-9,11-12H2,(H,21,23). The zero-order valence-electron chi connectivity index (χ0n) is 13.2. The molecule has 3 unspecified atom stereocenters. The molecular formula is C19H19ClN2O2. The fraction of sp³-hybridized carbons (Fsp3) is 0.316. The summed E-state index contributed by atoms with van der Waals surface area (Å²) in [6, 6.07) is 14.7. The molecule has 4 rings (SSSR count). The highest BCUT2D eigenvalue weighted by Gasteiger charge is 2.38. The van der Waals surface area contributed by atoms with Crippen molar-refractivity contribution in [3.63, 3.8) is 0 Å². The van der Waals surface area contributed by atoms with E-state index in [1.54, 1.807) is 36.4 Å². The summed E-state index contributed by atoms with van der Waals surface area (Å²) in [6.07, 6.45) is 1.19. The van der Waals surface area contributed by atoms with Gasteiger partial charge in [-0.3, -0.25) is 4.79 Å². The number of rotatable bonds is 4. The summed E-state index contributed by atoms with van der Waals surface area (Å²) >= 11 is 5.95. The number of carbonyl (C=O) groups excluding carboxylic acids is 1. The van der Waals surface area contributed by atoms with Crippen LogP contribution in [0.4, 0.5) is 0 Å². The molecule has 0 saturated carbocycles. The van der Waals surface area contributed by atoms with Gasteiger partial charge in [0.2, 0.25) is 0 Å². The first-order chi connectivity index (χ1) is 11.7. The first-order valence-electron chi connectivity index (χ1n) is 8.24. The van der Waals surface area contributed by atoms with Crippen LogP contribution in [0, 0.1) is 5.92 Å². The van der Waals surface area contributed by atoms with Crippen LogP contribution in [0.5, 0.6) is 11.5 Å². The molecule has 1 N–H and O–H groups in total. The highest BCUT2D eigenvalue weighted by atomic mass is 35.5. The fourth-order valence-electron chi connectivity index (χ4n) is 3.54. The van der Waals surface area contributed by atoms with Crippen LogP contribution in [-0.4, -0.2) is 36.5 Å². The van der Waals surface area contributed by atoms with Crippen molar-refractivity contribution in [2.45, 2.75) is 12.5 Å². The molecule has 0 aliphatic carbocycles. The summed E-state index contributed by atoms with van der Waals surface area (Å²) in [5.41, 5.74) is 0.659. The average Bonchev–Trinajstić information content (AvgIpc) is 3.18. The average molecular weight is 343 g/mol. The summed E-state index contributed by atoms with van der Waals surface area (Å²) in [7, 11) is 0. The second-order valence-electron chi connectivity index (χ2n) is 6.47. The van der Waals surface area contributed by atoms with E-state index in [1.807, 2.05) is 12.1 Å². The summed E-state index contributed by atoms with van der Waals surface area (Å²) < 4.78 is 5.74. The predicted molar refractivity (Wildman–Crippen MR) is 93.8 cm³/mol. The van der Waals surface area contributed by atoms with Gasteiger partial charge in [0.05, 0.1) is 0 Å². The van der Waals surface area contributed by atoms with Crippen molar-refractivity contribution in [1.82, 2.24) is 10.2 Å². The molecule has 0 radical (unpaired) electrons. The van der Waals surface area contributed by atoms with E-state index in [-0.39, 0.29) is 11.9 Å². The Morgan fingerprint density at radius 1 is 1.12 bits per heavy atom. The maximum Gasteiger partial charge on any atom is 0.251 e. The number of nitrogens with zero attached hydrogens (tertiary/aromatic N) is 1. The molecule has 0 spiro atoms. The highest BCUT2D eigenvalue weighted by Crippen LogP contribution is 2.28. The second-order valence-corrected chi connectivity index (χ2v) is 6.91. The van der Waals surface area contributed by atoms with Gasteiger partial charge < -0.3 is 15.0 Å². The molecule has 2 saturated heterocycles. The van der Waals surface area contributed by atoms with Crippen molar-refractivity contribution in [2.75, 3.05) is 19.6 Å². The first kappa shape index (κ1) is 15.5. The number of carbonyl (C=O) groups is 1. The summed E-state index contributed by atoms with van der Waals surface area (Å²) in [5, 5.41) is 3.79. The number of hydrogen-bond donors (Lipinski definition) is 1. The van der Waals surface area contributed by atoms with Gasteiger partial charge in [-0.05, 0) is 61.3 Å². The highest BCUT2D eigenvalue weighted by molar-refractivity contribution is 6.30. The molecule has 2 heterocycles. The van der Waals surface area contributed by atoms with E-state index >= 15 is 0 Å². The van der Waals surface area contributed by atoms with E-state index in [2.05, 4.69) is 10.2 Å². The molecular weight excluding hydrogens is 324 g/mol. The molecule has 2 aliphatic rings. The number of hydrogen-bond acceptors (Lipinski definition) is 3. The third kappa shape index (κ3) is 3.25. The minimum absolute atomic E-state index is 0.0111. The molecule has 24 heavy (non-hydrogen) atoms. The maximum absolute atomic E-state index is 12.4. The Morgan fingerprint density at radius 2 is 1.96 bits per heavy atom. The zero-order valence-corrected chi connectivity index (χ0v) is 14.0. The van der Waals surface area contributed by atoms with Gasteiger partial charge in [-0.15, -0.1) is 0 Å². The molecule has 2 fully saturated rings. The molecule has 2 aromatic rings. The van der Waals surface area contributed by atoms with Crippen LogP contribution in [0.25, 0.3) is 0 Å². The third-order valence-electron chi connectivity index (χ3n) is 4.80. The van der Waals surface area contributed by atoms with Crippen LogP contribution < -0.4 is 10.1 Å². The van der Waals surface area contributed by atoms with Crippen molar-refractivity contribution < 1.29 is 9.53 Å². The number of amides is 1. The molecule has 1 amide bonds. The number of piperidine rings is 1. The van der Waals surface area contributed by atoms with Crippen molar-refractivity contribution in [3.8, 4) is 11.5 Å². The number of fused-ring (bicyclic) bond motifs is 2. The van der Waals surface area contributed by atoms with E-state index in [4.69, 9.17) is 16.3 Å². The van der Waals surface area contributed by atoms with Crippen molar-refractivity contribution in [3.05, 3.63) is 59.1 Å². The quantitative estimate of drug-likeness (QED) is 0.923. The Hall–Kier alpha value is -2.04. The Balaban J connectivity index is 1.39. The summed E-state index contributed by atoms with van der Waals surface area (Å²) in [6.45, 7) is 3.27. The van der Waals surface area contributed by atoms with E-state index in [1.165, 1.54) is 13.0 Å². The van der Waals surface area contributed by atoms with Crippen LogP contribution in [0.2, 0.25) is 5.02 Å². The molecule has 2 aliphatic heterocycles.